The highest BCUT2D eigenvalue weighted by atomic mass is 16.5. The van der Waals surface area contributed by atoms with Crippen molar-refractivity contribution in [3.05, 3.63) is 35.4 Å². The van der Waals surface area contributed by atoms with E-state index in [0.29, 0.717) is 31.8 Å². The van der Waals surface area contributed by atoms with Gasteiger partial charge in [0, 0.05) is 19.1 Å². The Kier molecular flexibility index (Phi) is 11.0. The number of nitrogens with one attached hydrogen (secondary N) is 1. The number of benzene rings is 1. The molecule has 3 rings (SSSR count). The van der Waals surface area contributed by atoms with E-state index in [0.717, 1.165) is 24.7 Å². The van der Waals surface area contributed by atoms with Crippen LogP contribution in [0.3, 0.4) is 0 Å². The molecular weight excluding hydrogens is 408 g/mol. The molecule has 3 unspecified atom stereocenters. The number of hydrogen-bond acceptors (Lipinski definition) is 2. The molecule has 0 radical (unpaired) electrons. The van der Waals surface area contributed by atoms with E-state index in [2.05, 4.69) is 50.4 Å². The molecule has 4 heteroatoms. The molecule has 2 fully saturated rings. The third kappa shape index (κ3) is 9.31. The molecule has 186 valence electrons. The standard InChI is InChI=1S/C29H48N2O2/c1-4-23(2)13-16-25-9-8-12-28(21-25)33-20-19-31(22-26-17-14-24(3)15-18-26)29(32)30-27-10-6-5-7-11-27/h14-15,17-18,23,25,27-28H,4-13,16,19-22H2,1-3H3,(H,30,32). The smallest absolute Gasteiger partial charge is 0.317 e. The fraction of sp³-hybridized carbons (Fsp3) is 0.759. The van der Waals surface area contributed by atoms with E-state index < -0.39 is 0 Å². The van der Waals surface area contributed by atoms with Crippen LogP contribution in [0.15, 0.2) is 24.3 Å². The molecule has 0 aliphatic heterocycles. The molecule has 2 aliphatic carbocycles. The average Bonchev–Trinajstić information content (AvgIpc) is 2.84. The van der Waals surface area contributed by atoms with Crippen molar-refractivity contribution >= 4 is 6.03 Å². The number of hydrogen-bond donors (Lipinski definition) is 1. The predicted octanol–water partition coefficient (Wildman–Crippen LogP) is 7.24. The highest BCUT2D eigenvalue weighted by Crippen LogP contribution is 2.31. The normalized spacial score (nSPS) is 22.6. The first-order valence-corrected chi connectivity index (χ1v) is 13.8. The molecule has 0 spiro atoms. The van der Waals surface area contributed by atoms with E-state index in [-0.39, 0.29) is 6.03 Å². The van der Waals surface area contributed by atoms with Crippen LogP contribution in [0.4, 0.5) is 4.79 Å². The molecule has 3 atom stereocenters. The van der Waals surface area contributed by atoms with Gasteiger partial charge in [0.2, 0.25) is 0 Å². The van der Waals surface area contributed by atoms with Crippen molar-refractivity contribution in [2.24, 2.45) is 11.8 Å². The van der Waals surface area contributed by atoms with Crippen LogP contribution >= 0.6 is 0 Å². The van der Waals surface area contributed by atoms with Gasteiger partial charge in [-0.3, -0.25) is 0 Å². The summed E-state index contributed by atoms with van der Waals surface area (Å²) in [6.45, 7) is 8.70. The number of rotatable bonds is 11. The van der Waals surface area contributed by atoms with E-state index in [9.17, 15) is 4.79 Å². The van der Waals surface area contributed by atoms with Gasteiger partial charge in [0.1, 0.15) is 0 Å². The number of carbonyl (C=O) groups is 1. The van der Waals surface area contributed by atoms with Gasteiger partial charge >= 0.3 is 6.03 Å². The van der Waals surface area contributed by atoms with Crippen molar-refractivity contribution in [3.63, 3.8) is 0 Å². The molecule has 1 N–H and O–H groups in total. The highest BCUT2D eigenvalue weighted by Gasteiger charge is 2.24. The van der Waals surface area contributed by atoms with Crippen LogP contribution in [0, 0.1) is 18.8 Å². The van der Waals surface area contributed by atoms with Crippen LogP contribution < -0.4 is 5.32 Å². The number of amides is 2. The Bertz CT molecular complexity index is 683. The first kappa shape index (κ1) is 26.1. The zero-order valence-electron chi connectivity index (χ0n) is 21.5. The molecule has 0 aromatic heterocycles. The van der Waals surface area contributed by atoms with Crippen molar-refractivity contribution in [1.82, 2.24) is 10.2 Å². The lowest BCUT2D eigenvalue weighted by molar-refractivity contribution is 0.00372. The largest absolute Gasteiger partial charge is 0.376 e. The predicted molar refractivity (Wildman–Crippen MR) is 137 cm³/mol. The van der Waals surface area contributed by atoms with Crippen LogP contribution in [0.25, 0.3) is 0 Å². The molecule has 2 amide bonds. The first-order valence-electron chi connectivity index (χ1n) is 13.8. The maximum absolute atomic E-state index is 13.2. The third-order valence-corrected chi connectivity index (χ3v) is 7.93. The molecule has 0 heterocycles. The monoisotopic (exact) mass is 456 g/mol. The Hall–Kier alpha value is -1.55. The van der Waals surface area contributed by atoms with Gasteiger partial charge in [-0.15, -0.1) is 0 Å². The van der Waals surface area contributed by atoms with Gasteiger partial charge in [-0.25, -0.2) is 4.79 Å². The molecule has 33 heavy (non-hydrogen) atoms. The fourth-order valence-electron chi connectivity index (χ4n) is 5.39. The second kappa shape index (κ2) is 14.0. The SMILES string of the molecule is CCC(C)CCC1CCCC(OCCN(Cc2ccc(C)cc2)C(=O)NC2CCCCC2)C1. The summed E-state index contributed by atoms with van der Waals surface area (Å²) in [5.41, 5.74) is 2.43. The summed E-state index contributed by atoms with van der Waals surface area (Å²) < 4.78 is 6.35. The number of urea groups is 1. The molecule has 0 bridgehead atoms. The van der Waals surface area contributed by atoms with Crippen molar-refractivity contribution < 1.29 is 9.53 Å². The Morgan fingerprint density at radius 1 is 1.09 bits per heavy atom. The van der Waals surface area contributed by atoms with E-state index in [1.54, 1.807) is 0 Å². The van der Waals surface area contributed by atoms with E-state index in [1.807, 2.05) is 4.90 Å². The van der Waals surface area contributed by atoms with Crippen LogP contribution in [0.2, 0.25) is 0 Å². The van der Waals surface area contributed by atoms with Gasteiger partial charge in [0.25, 0.3) is 0 Å². The minimum Gasteiger partial charge on any atom is -0.376 e. The molecule has 4 nitrogen and oxygen atoms in total. The molecule has 0 saturated heterocycles. The van der Waals surface area contributed by atoms with Gasteiger partial charge in [-0.05, 0) is 50.0 Å². The Morgan fingerprint density at radius 2 is 1.85 bits per heavy atom. The van der Waals surface area contributed by atoms with Gasteiger partial charge in [-0.2, -0.15) is 0 Å². The van der Waals surface area contributed by atoms with Gasteiger partial charge in [-0.1, -0.05) is 95.0 Å². The van der Waals surface area contributed by atoms with E-state index in [4.69, 9.17) is 4.74 Å². The molecular formula is C29H48N2O2. The number of aryl methyl sites for hydroxylation is 1. The minimum atomic E-state index is 0.0705. The van der Waals surface area contributed by atoms with Crippen LogP contribution in [-0.4, -0.2) is 36.2 Å². The van der Waals surface area contributed by atoms with E-state index in [1.165, 1.54) is 75.3 Å². The second-order valence-corrected chi connectivity index (χ2v) is 10.8. The molecule has 1 aromatic rings. The molecule has 2 aliphatic rings. The van der Waals surface area contributed by atoms with Gasteiger partial charge < -0.3 is 15.0 Å². The van der Waals surface area contributed by atoms with Crippen LogP contribution in [0.5, 0.6) is 0 Å². The number of nitrogens with zero attached hydrogens (tertiary/aromatic N) is 1. The molecule has 2 saturated carbocycles. The van der Waals surface area contributed by atoms with Gasteiger partial charge in [0.05, 0.1) is 12.7 Å². The zero-order chi connectivity index (χ0) is 23.5. The minimum absolute atomic E-state index is 0.0705. The third-order valence-electron chi connectivity index (χ3n) is 7.93. The Labute approximate surface area is 202 Å². The van der Waals surface area contributed by atoms with Crippen molar-refractivity contribution in [2.45, 2.75) is 117 Å². The number of ether oxygens (including phenoxy) is 1. The fourth-order valence-corrected chi connectivity index (χ4v) is 5.39. The van der Waals surface area contributed by atoms with Crippen molar-refractivity contribution in [1.29, 1.82) is 0 Å². The summed E-state index contributed by atoms with van der Waals surface area (Å²) in [6.07, 6.45) is 15.3. The lowest BCUT2D eigenvalue weighted by Crippen LogP contribution is -2.46. The lowest BCUT2D eigenvalue weighted by atomic mass is 9.82. The summed E-state index contributed by atoms with van der Waals surface area (Å²) in [5.74, 6) is 1.65. The van der Waals surface area contributed by atoms with Crippen molar-refractivity contribution in [2.75, 3.05) is 13.2 Å². The molecule has 1 aromatic carbocycles. The Morgan fingerprint density at radius 3 is 2.58 bits per heavy atom. The first-order chi connectivity index (χ1) is 16.0. The maximum atomic E-state index is 13.2. The topological polar surface area (TPSA) is 41.6 Å². The summed E-state index contributed by atoms with van der Waals surface area (Å²) in [6, 6.07) is 8.94. The second-order valence-electron chi connectivity index (χ2n) is 10.8. The van der Waals surface area contributed by atoms with Crippen LogP contribution in [-0.2, 0) is 11.3 Å². The summed E-state index contributed by atoms with van der Waals surface area (Å²) >= 11 is 0. The van der Waals surface area contributed by atoms with Crippen LogP contribution in [0.1, 0.15) is 102 Å². The maximum Gasteiger partial charge on any atom is 0.317 e. The summed E-state index contributed by atoms with van der Waals surface area (Å²) in [5, 5.41) is 3.31. The van der Waals surface area contributed by atoms with E-state index >= 15 is 0 Å². The average molecular weight is 457 g/mol. The highest BCUT2D eigenvalue weighted by molar-refractivity contribution is 5.74. The Balaban J connectivity index is 1.49. The lowest BCUT2D eigenvalue weighted by Gasteiger charge is -2.31. The number of carbonyl (C=O) groups excluding carboxylic acids is 1. The summed E-state index contributed by atoms with van der Waals surface area (Å²) in [4.78, 5) is 15.1. The van der Waals surface area contributed by atoms with Crippen molar-refractivity contribution in [3.8, 4) is 0 Å². The van der Waals surface area contributed by atoms with Gasteiger partial charge in [0.15, 0.2) is 0 Å². The zero-order valence-corrected chi connectivity index (χ0v) is 21.5. The quantitative estimate of drug-likeness (QED) is 0.381. The summed E-state index contributed by atoms with van der Waals surface area (Å²) in [7, 11) is 0.